The monoisotopic (exact) mass is 241 g/mol. The Bertz CT molecular complexity index is 700. The fourth-order valence-electron chi connectivity index (χ4n) is 2.25. The van der Waals surface area contributed by atoms with E-state index >= 15 is 0 Å². The molecule has 0 atom stereocenters. The van der Waals surface area contributed by atoms with Crippen molar-refractivity contribution in [2.24, 2.45) is 0 Å². The first-order chi connectivity index (χ1) is 8.81. The van der Waals surface area contributed by atoms with Crippen LogP contribution in [0.1, 0.15) is 6.92 Å². The first-order valence-electron chi connectivity index (χ1n) is 6.04. The second kappa shape index (κ2) is 4.26. The zero-order valence-corrected chi connectivity index (χ0v) is 10.5. The van der Waals surface area contributed by atoms with Gasteiger partial charge in [-0.3, -0.25) is 0 Å². The third kappa shape index (κ3) is 1.68. The van der Waals surface area contributed by atoms with E-state index in [2.05, 4.69) is 17.1 Å². The Hall–Kier alpha value is -2.16. The molecule has 3 heteroatoms. The number of H-pyrrole nitrogens is 1. The fraction of sp³-hybridized carbons (Fsp3) is 0.200. The van der Waals surface area contributed by atoms with Gasteiger partial charge in [0, 0.05) is 22.9 Å². The number of rotatable bonds is 3. The molecule has 0 saturated heterocycles. The van der Waals surface area contributed by atoms with Crippen LogP contribution in [0.4, 0.5) is 0 Å². The van der Waals surface area contributed by atoms with E-state index in [0.29, 0.717) is 6.61 Å². The van der Waals surface area contributed by atoms with Gasteiger partial charge < -0.3 is 14.5 Å². The van der Waals surface area contributed by atoms with Crippen LogP contribution in [0, 0.1) is 0 Å². The number of nitrogens with one attached hydrogen (secondary N) is 1. The maximum Gasteiger partial charge on any atom is 0.121 e. The molecule has 3 aromatic rings. The average Bonchev–Trinajstić information content (AvgIpc) is 2.75. The highest BCUT2D eigenvalue weighted by Gasteiger charge is 2.06. The molecule has 0 amide bonds. The summed E-state index contributed by atoms with van der Waals surface area (Å²) in [6.07, 6.45) is 0. The number of hydrogen-bond acceptors (Lipinski definition) is 2. The van der Waals surface area contributed by atoms with Gasteiger partial charge in [-0.2, -0.15) is 0 Å². The molecule has 3 nitrogen and oxygen atoms in total. The van der Waals surface area contributed by atoms with Crippen LogP contribution >= 0.6 is 0 Å². The van der Waals surface area contributed by atoms with Gasteiger partial charge in [0.15, 0.2) is 0 Å². The van der Waals surface area contributed by atoms with Gasteiger partial charge in [-0.25, -0.2) is 0 Å². The highest BCUT2D eigenvalue weighted by atomic mass is 16.5. The molecule has 18 heavy (non-hydrogen) atoms. The molecule has 0 unspecified atom stereocenters. The predicted molar refractivity (Wildman–Crippen MR) is 73.5 cm³/mol. The van der Waals surface area contributed by atoms with Crippen molar-refractivity contribution in [1.82, 2.24) is 4.98 Å². The number of fused-ring (bicyclic) bond motifs is 3. The molecule has 0 radical (unpaired) electrons. The quantitative estimate of drug-likeness (QED) is 0.758. The Kier molecular flexibility index (Phi) is 2.59. The maximum absolute atomic E-state index is 5.51. The molecule has 0 saturated carbocycles. The highest BCUT2D eigenvalue weighted by Crippen LogP contribution is 2.30. The lowest BCUT2D eigenvalue weighted by atomic mass is 10.1. The molecule has 0 aliphatic heterocycles. The first-order valence-corrected chi connectivity index (χ1v) is 6.04. The zero-order chi connectivity index (χ0) is 12.5. The molecule has 3 rings (SSSR count). The molecular weight excluding hydrogens is 226 g/mol. The minimum Gasteiger partial charge on any atom is -0.497 e. The van der Waals surface area contributed by atoms with Crippen molar-refractivity contribution < 1.29 is 9.47 Å². The molecule has 0 aliphatic carbocycles. The van der Waals surface area contributed by atoms with E-state index < -0.39 is 0 Å². The fourth-order valence-corrected chi connectivity index (χ4v) is 2.25. The SMILES string of the molecule is CCOc1ccc2c(c1)[nH]c1cc(OC)ccc12. The molecule has 92 valence electrons. The highest BCUT2D eigenvalue weighted by molar-refractivity contribution is 6.07. The summed E-state index contributed by atoms with van der Waals surface area (Å²) in [5.41, 5.74) is 2.17. The topological polar surface area (TPSA) is 34.2 Å². The molecule has 1 heterocycles. The van der Waals surface area contributed by atoms with Crippen molar-refractivity contribution in [3.05, 3.63) is 36.4 Å². The lowest BCUT2D eigenvalue weighted by Gasteiger charge is -2.01. The van der Waals surface area contributed by atoms with Crippen LogP contribution in [0.15, 0.2) is 36.4 Å². The lowest BCUT2D eigenvalue weighted by molar-refractivity contribution is 0.340. The van der Waals surface area contributed by atoms with E-state index in [1.165, 1.54) is 10.8 Å². The summed E-state index contributed by atoms with van der Waals surface area (Å²) < 4.78 is 10.7. The molecule has 0 aliphatic rings. The second-order valence-corrected chi connectivity index (χ2v) is 4.18. The van der Waals surface area contributed by atoms with Gasteiger partial charge in [0.1, 0.15) is 11.5 Å². The van der Waals surface area contributed by atoms with Crippen molar-refractivity contribution in [2.75, 3.05) is 13.7 Å². The van der Waals surface area contributed by atoms with Crippen LogP contribution in [0.3, 0.4) is 0 Å². The summed E-state index contributed by atoms with van der Waals surface area (Å²) >= 11 is 0. The Morgan fingerprint density at radius 1 is 0.944 bits per heavy atom. The number of hydrogen-bond donors (Lipinski definition) is 1. The zero-order valence-electron chi connectivity index (χ0n) is 10.5. The molecule has 0 fully saturated rings. The molecule has 0 spiro atoms. The van der Waals surface area contributed by atoms with Crippen LogP contribution < -0.4 is 9.47 Å². The van der Waals surface area contributed by atoms with Gasteiger partial charge in [-0.15, -0.1) is 0 Å². The predicted octanol–water partition coefficient (Wildman–Crippen LogP) is 3.73. The van der Waals surface area contributed by atoms with E-state index in [0.717, 1.165) is 22.5 Å². The van der Waals surface area contributed by atoms with Crippen molar-refractivity contribution in [2.45, 2.75) is 6.92 Å². The Labute approximate surface area is 105 Å². The summed E-state index contributed by atoms with van der Waals surface area (Å²) in [4.78, 5) is 3.39. The van der Waals surface area contributed by atoms with Gasteiger partial charge in [0.2, 0.25) is 0 Å². The van der Waals surface area contributed by atoms with Gasteiger partial charge in [-0.1, -0.05) is 0 Å². The Balaban J connectivity index is 2.22. The largest absolute Gasteiger partial charge is 0.497 e. The van der Waals surface area contributed by atoms with E-state index in [1.807, 2.05) is 31.2 Å². The van der Waals surface area contributed by atoms with Crippen LogP contribution in [0.5, 0.6) is 11.5 Å². The Morgan fingerprint density at radius 3 is 2.17 bits per heavy atom. The summed E-state index contributed by atoms with van der Waals surface area (Å²) in [5.74, 6) is 1.75. The molecule has 1 aromatic heterocycles. The summed E-state index contributed by atoms with van der Waals surface area (Å²) in [6, 6.07) is 12.2. The van der Waals surface area contributed by atoms with Crippen LogP contribution in [0.25, 0.3) is 21.8 Å². The summed E-state index contributed by atoms with van der Waals surface area (Å²) in [6.45, 7) is 2.67. The number of aromatic nitrogens is 1. The third-order valence-corrected chi connectivity index (χ3v) is 3.09. The number of methoxy groups -OCH3 is 1. The molecule has 1 N–H and O–H groups in total. The minimum absolute atomic E-state index is 0.680. The van der Waals surface area contributed by atoms with Crippen molar-refractivity contribution in [1.29, 1.82) is 0 Å². The third-order valence-electron chi connectivity index (χ3n) is 3.09. The lowest BCUT2D eigenvalue weighted by Crippen LogP contribution is -1.90. The first kappa shape index (κ1) is 11.0. The molecule has 0 bridgehead atoms. The van der Waals surface area contributed by atoms with E-state index in [9.17, 15) is 0 Å². The van der Waals surface area contributed by atoms with Crippen molar-refractivity contribution >= 4 is 21.8 Å². The molecular formula is C15H15NO2. The maximum atomic E-state index is 5.51. The van der Waals surface area contributed by atoms with Gasteiger partial charge in [-0.05, 0) is 31.2 Å². The Morgan fingerprint density at radius 2 is 1.56 bits per heavy atom. The van der Waals surface area contributed by atoms with Crippen molar-refractivity contribution in [3.8, 4) is 11.5 Å². The smallest absolute Gasteiger partial charge is 0.121 e. The normalized spacial score (nSPS) is 11.0. The van der Waals surface area contributed by atoms with E-state index in [-0.39, 0.29) is 0 Å². The number of benzene rings is 2. The molecule has 2 aromatic carbocycles. The number of ether oxygens (including phenoxy) is 2. The van der Waals surface area contributed by atoms with Crippen LogP contribution in [-0.4, -0.2) is 18.7 Å². The van der Waals surface area contributed by atoms with E-state index in [4.69, 9.17) is 9.47 Å². The van der Waals surface area contributed by atoms with E-state index in [1.54, 1.807) is 7.11 Å². The summed E-state index contributed by atoms with van der Waals surface area (Å²) in [5, 5.41) is 2.41. The van der Waals surface area contributed by atoms with Gasteiger partial charge >= 0.3 is 0 Å². The van der Waals surface area contributed by atoms with Crippen LogP contribution in [-0.2, 0) is 0 Å². The standard InChI is InChI=1S/C15H15NO2/c1-3-18-11-5-7-13-12-6-4-10(17-2)8-14(12)16-15(13)9-11/h4-9,16H,3H2,1-2H3. The van der Waals surface area contributed by atoms with Gasteiger partial charge in [0.25, 0.3) is 0 Å². The average molecular weight is 241 g/mol. The van der Waals surface area contributed by atoms with Crippen molar-refractivity contribution in [3.63, 3.8) is 0 Å². The summed E-state index contributed by atoms with van der Waals surface area (Å²) in [7, 11) is 1.68. The number of aromatic amines is 1. The van der Waals surface area contributed by atoms with Crippen LogP contribution in [0.2, 0.25) is 0 Å². The minimum atomic E-state index is 0.680. The second-order valence-electron chi connectivity index (χ2n) is 4.18. The van der Waals surface area contributed by atoms with Gasteiger partial charge in [0.05, 0.1) is 24.8 Å².